The summed E-state index contributed by atoms with van der Waals surface area (Å²) in [5, 5.41) is 7.92. The molecule has 5 N–H and O–H groups in total. The number of nitrogens with one attached hydrogen (secondary N) is 3. The number of rotatable bonds is 20. The molecule has 11 nitrogen and oxygen atoms in total. The maximum Gasteiger partial charge on any atom is 0.243 e. The summed E-state index contributed by atoms with van der Waals surface area (Å²) in [6, 6.07) is -1.36. The lowest BCUT2D eigenvalue weighted by Gasteiger charge is -2.22. The molecule has 1 unspecified atom stereocenters. The maximum absolute atomic E-state index is 12.2. The molecule has 0 aliphatic heterocycles. The van der Waals surface area contributed by atoms with E-state index in [2.05, 4.69) is 16.0 Å². The molecule has 0 aliphatic carbocycles. The predicted molar refractivity (Wildman–Crippen MR) is 119 cm³/mol. The minimum Gasteiger partial charge on any atom is -0.378 e. The van der Waals surface area contributed by atoms with E-state index in [4.69, 9.17) is 19.9 Å². The van der Waals surface area contributed by atoms with Crippen molar-refractivity contribution in [3.63, 3.8) is 0 Å². The van der Waals surface area contributed by atoms with Crippen LogP contribution in [-0.2, 0) is 33.4 Å². The van der Waals surface area contributed by atoms with Crippen molar-refractivity contribution in [3.8, 4) is 0 Å². The molecule has 0 radical (unpaired) electrons. The lowest BCUT2D eigenvalue weighted by Crippen LogP contribution is -2.51. The first kappa shape index (κ1) is 29.9. The van der Waals surface area contributed by atoms with E-state index in [9.17, 15) is 19.2 Å². The Morgan fingerprint density at radius 1 is 0.844 bits per heavy atom. The number of carbonyl (C=O) groups is 4. The van der Waals surface area contributed by atoms with Crippen LogP contribution in [0.5, 0.6) is 0 Å². The first-order valence-corrected chi connectivity index (χ1v) is 11.1. The van der Waals surface area contributed by atoms with Gasteiger partial charge in [0, 0.05) is 25.9 Å². The van der Waals surface area contributed by atoms with Gasteiger partial charge in [0.2, 0.25) is 17.7 Å². The highest BCUT2D eigenvalue weighted by Gasteiger charge is 2.24. The molecule has 0 saturated carbocycles. The summed E-state index contributed by atoms with van der Waals surface area (Å²) in [5.74, 6) is -1.04. The molecule has 2 atom stereocenters. The first-order chi connectivity index (χ1) is 15.3. The molecule has 3 amide bonds. The summed E-state index contributed by atoms with van der Waals surface area (Å²) in [6.45, 7) is 8.74. The number of ether oxygens (including phenoxy) is 3. The molecule has 0 aromatic heterocycles. The zero-order valence-electron chi connectivity index (χ0n) is 19.5. The van der Waals surface area contributed by atoms with E-state index in [-0.39, 0.29) is 30.6 Å². The van der Waals surface area contributed by atoms with Gasteiger partial charge in [-0.1, -0.05) is 13.8 Å². The van der Waals surface area contributed by atoms with Crippen LogP contribution in [0.1, 0.15) is 40.0 Å². The average Bonchev–Trinajstić information content (AvgIpc) is 2.75. The van der Waals surface area contributed by atoms with Crippen LogP contribution in [0.3, 0.4) is 0 Å². The number of nitrogens with two attached hydrogens (primary N) is 1. The van der Waals surface area contributed by atoms with Crippen molar-refractivity contribution < 1.29 is 33.4 Å². The topological polar surface area (TPSA) is 158 Å². The molecule has 0 spiro atoms. The summed E-state index contributed by atoms with van der Waals surface area (Å²) in [4.78, 5) is 46.8. The molecular formula is C21H40N4O7. The third kappa shape index (κ3) is 16.6. The van der Waals surface area contributed by atoms with Gasteiger partial charge < -0.3 is 40.7 Å². The first-order valence-electron chi connectivity index (χ1n) is 11.1. The molecule has 0 bridgehead atoms. The monoisotopic (exact) mass is 460 g/mol. The van der Waals surface area contributed by atoms with Crippen molar-refractivity contribution in [2.24, 2.45) is 11.7 Å². The van der Waals surface area contributed by atoms with Gasteiger partial charge in [0.25, 0.3) is 0 Å². The molecule has 0 heterocycles. The fourth-order valence-corrected chi connectivity index (χ4v) is 2.51. The highest BCUT2D eigenvalue weighted by atomic mass is 16.5. The molecule has 186 valence electrons. The van der Waals surface area contributed by atoms with E-state index in [0.717, 1.165) is 0 Å². The Morgan fingerprint density at radius 3 is 1.97 bits per heavy atom. The zero-order valence-corrected chi connectivity index (χ0v) is 19.5. The Bertz CT molecular complexity index is 546. The Morgan fingerprint density at radius 2 is 1.41 bits per heavy atom. The predicted octanol–water partition coefficient (Wildman–Crippen LogP) is -0.874. The fourth-order valence-electron chi connectivity index (χ4n) is 2.51. The van der Waals surface area contributed by atoms with Crippen molar-refractivity contribution >= 4 is 24.0 Å². The lowest BCUT2D eigenvalue weighted by atomic mass is 10.0. The minimum atomic E-state index is -0.738. The van der Waals surface area contributed by atoms with Gasteiger partial charge in [0.1, 0.15) is 12.3 Å². The Kier molecular flexibility index (Phi) is 18.3. The number of carbonyl (C=O) groups excluding carboxylic acids is 4. The van der Waals surface area contributed by atoms with Crippen LogP contribution in [0.25, 0.3) is 0 Å². The molecule has 0 fully saturated rings. The largest absolute Gasteiger partial charge is 0.378 e. The Balaban J connectivity index is 3.82. The van der Waals surface area contributed by atoms with Gasteiger partial charge in [-0.05, 0) is 19.3 Å². The summed E-state index contributed by atoms with van der Waals surface area (Å²) in [6.07, 6.45) is 1.29. The molecule has 11 heteroatoms. The number of aldehydes is 1. The second kappa shape index (κ2) is 19.6. The fraction of sp³-hybridized carbons (Fsp3) is 0.810. The minimum absolute atomic E-state index is 0.121. The molecule has 32 heavy (non-hydrogen) atoms. The smallest absolute Gasteiger partial charge is 0.243 e. The van der Waals surface area contributed by atoms with Crippen LogP contribution >= 0.6 is 0 Å². The average molecular weight is 461 g/mol. The van der Waals surface area contributed by atoms with Crippen LogP contribution in [0, 0.1) is 5.92 Å². The summed E-state index contributed by atoms with van der Waals surface area (Å²) < 4.78 is 15.8. The third-order valence-corrected chi connectivity index (χ3v) is 4.22. The quantitative estimate of drug-likeness (QED) is 0.135. The standard InChI is InChI=1S/C21H40N4O7/c1-16(2)20(21(29)24-17(3)15-26)25-19(28)6-4-5-18(27)23-8-10-31-12-14-32-13-11-30-9-7-22/h15-17,20H,4-14,22H2,1-3H3,(H,23,27)(H,24,29)(H,25,28)/t17-,20?/m0/s1. The number of hydrogen-bond donors (Lipinski definition) is 4. The van der Waals surface area contributed by atoms with Crippen LogP contribution in [0.15, 0.2) is 0 Å². The molecular weight excluding hydrogens is 420 g/mol. The van der Waals surface area contributed by atoms with E-state index in [1.807, 2.05) is 0 Å². The van der Waals surface area contributed by atoms with Gasteiger partial charge in [0.15, 0.2) is 0 Å². The summed E-state index contributed by atoms with van der Waals surface area (Å²) in [7, 11) is 0. The molecule has 0 saturated heterocycles. The van der Waals surface area contributed by atoms with Crippen molar-refractivity contribution in [1.82, 2.24) is 16.0 Å². The van der Waals surface area contributed by atoms with Crippen LogP contribution in [0.4, 0.5) is 0 Å². The van der Waals surface area contributed by atoms with Gasteiger partial charge in [-0.2, -0.15) is 0 Å². The van der Waals surface area contributed by atoms with Gasteiger partial charge in [-0.25, -0.2) is 0 Å². The molecule has 0 aromatic rings. The van der Waals surface area contributed by atoms with E-state index in [0.29, 0.717) is 65.4 Å². The molecule has 0 aliphatic rings. The van der Waals surface area contributed by atoms with Gasteiger partial charge in [-0.15, -0.1) is 0 Å². The van der Waals surface area contributed by atoms with Gasteiger partial charge in [-0.3, -0.25) is 14.4 Å². The van der Waals surface area contributed by atoms with E-state index in [1.54, 1.807) is 20.8 Å². The Labute approximate surface area is 190 Å². The van der Waals surface area contributed by atoms with E-state index in [1.165, 1.54) is 0 Å². The second-order valence-corrected chi connectivity index (χ2v) is 7.55. The van der Waals surface area contributed by atoms with Gasteiger partial charge in [0.05, 0.1) is 45.7 Å². The zero-order chi connectivity index (χ0) is 24.2. The molecule has 0 rings (SSSR count). The Hall–Kier alpha value is -2.08. The lowest BCUT2D eigenvalue weighted by molar-refractivity contribution is -0.131. The van der Waals surface area contributed by atoms with E-state index < -0.39 is 18.0 Å². The molecule has 0 aromatic carbocycles. The normalized spacial score (nSPS) is 12.8. The maximum atomic E-state index is 12.2. The van der Waals surface area contributed by atoms with Crippen molar-refractivity contribution in [2.75, 3.05) is 52.7 Å². The van der Waals surface area contributed by atoms with E-state index >= 15 is 0 Å². The van der Waals surface area contributed by atoms with Crippen molar-refractivity contribution in [3.05, 3.63) is 0 Å². The van der Waals surface area contributed by atoms with Crippen LogP contribution < -0.4 is 21.7 Å². The second-order valence-electron chi connectivity index (χ2n) is 7.55. The van der Waals surface area contributed by atoms with Crippen molar-refractivity contribution in [1.29, 1.82) is 0 Å². The number of amides is 3. The summed E-state index contributed by atoms with van der Waals surface area (Å²) >= 11 is 0. The summed E-state index contributed by atoms with van der Waals surface area (Å²) in [5.41, 5.74) is 5.30. The highest BCUT2D eigenvalue weighted by Crippen LogP contribution is 2.04. The third-order valence-electron chi connectivity index (χ3n) is 4.22. The van der Waals surface area contributed by atoms with Gasteiger partial charge >= 0.3 is 0 Å². The van der Waals surface area contributed by atoms with Crippen LogP contribution in [0.2, 0.25) is 0 Å². The van der Waals surface area contributed by atoms with Crippen molar-refractivity contribution in [2.45, 2.75) is 52.1 Å². The SMILES string of the molecule is CC(C)C(NC(=O)CCCC(=O)NCCOCCOCCOCCN)C(=O)N[C@@H](C)C=O. The highest BCUT2D eigenvalue weighted by molar-refractivity contribution is 5.89. The number of hydrogen-bond acceptors (Lipinski definition) is 8. The van der Waals surface area contributed by atoms with Crippen LogP contribution in [-0.4, -0.2) is 88.8 Å².